The molecule has 0 N–H and O–H groups in total. The summed E-state index contributed by atoms with van der Waals surface area (Å²) in [5, 5.41) is 0. The quantitative estimate of drug-likeness (QED) is 0.568. The molecule has 5 nitrogen and oxygen atoms in total. The summed E-state index contributed by atoms with van der Waals surface area (Å²) >= 11 is 0. The summed E-state index contributed by atoms with van der Waals surface area (Å²) in [4.78, 5) is 26.1. The van der Waals surface area contributed by atoms with Crippen molar-refractivity contribution in [3.05, 3.63) is 11.6 Å². The van der Waals surface area contributed by atoms with E-state index in [9.17, 15) is 9.59 Å². The highest BCUT2D eigenvalue weighted by atomic mass is 16.5. The van der Waals surface area contributed by atoms with Crippen molar-refractivity contribution in [2.45, 2.75) is 70.6 Å². The Balaban J connectivity index is 1.78. The summed E-state index contributed by atoms with van der Waals surface area (Å²) in [7, 11) is 0. The van der Waals surface area contributed by atoms with E-state index in [2.05, 4.69) is 17.9 Å². The first-order valence-electron chi connectivity index (χ1n) is 9.73. The van der Waals surface area contributed by atoms with E-state index in [4.69, 9.17) is 9.47 Å². The lowest BCUT2D eigenvalue weighted by molar-refractivity contribution is -0.183. The number of piperidine rings is 1. The third-order valence-corrected chi connectivity index (χ3v) is 6.93. The van der Waals surface area contributed by atoms with Crippen molar-refractivity contribution in [1.82, 2.24) is 4.90 Å². The fraction of sp³-hybridized carbons (Fsp3) is 0.800. The Morgan fingerprint density at radius 1 is 1.20 bits per heavy atom. The molecule has 2 saturated carbocycles. The van der Waals surface area contributed by atoms with Crippen molar-refractivity contribution in [2.24, 2.45) is 17.8 Å². The molecule has 1 spiro atoms. The highest BCUT2D eigenvalue weighted by Gasteiger charge is 2.63. The van der Waals surface area contributed by atoms with Crippen LogP contribution in [0.2, 0.25) is 0 Å². The average Bonchev–Trinajstić information content (AvgIpc) is 2.53. The smallest absolute Gasteiger partial charge is 0.302 e. The summed E-state index contributed by atoms with van der Waals surface area (Å²) in [5.74, 6) is 0.459. The maximum absolute atomic E-state index is 11.7. The lowest BCUT2D eigenvalue weighted by Crippen LogP contribution is -2.71. The van der Waals surface area contributed by atoms with Crippen LogP contribution < -0.4 is 0 Å². The number of carbonyl (C=O) groups is 2. The van der Waals surface area contributed by atoms with Crippen LogP contribution in [-0.4, -0.2) is 47.7 Å². The maximum atomic E-state index is 11.7. The van der Waals surface area contributed by atoms with Crippen LogP contribution in [0.25, 0.3) is 0 Å². The number of carbonyl (C=O) groups excluding carboxylic acids is 2. The van der Waals surface area contributed by atoms with Gasteiger partial charge in [0.1, 0.15) is 12.2 Å². The van der Waals surface area contributed by atoms with E-state index >= 15 is 0 Å². The standard InChI is InChI=1S/C20H29NO4/c1-12-11-20-16-6-4-8-21(20)9-5-7-17(20)18(24-13(2)22)10-15(16)19(12)25-14(3)23/h6,12,15,17-19H,4-5,7-11H2,1-3H3. The van der Waals surface area contributed by atoms with Crippen LogP contribution in [0.5, 0.6) is 0 Å². The van der Waals surface area contributed by atoms with Crippen LogP contribution >= 0.6 is 0 Å². The average molecular weight is 347 g/mol. The van der Waals surface area contributed by atoms with Crippen LogP contribution in [0.3, 0.4) is 0 Å². The van der Waals surface area contributed by atoms with Gasteiger partial charge in [-0.25, -0.2) is 0 Å². The van der Waals surface area contributed by atoms with Crippen LogP contribution in [0, 0.1) is 17.8 Å². The molecule has 2 aliphatic heterocycles. The Kier molecular flexibility index (Phi) is 4.18. The Bertz CT molecular complexity index is 615. The summed E-state index contributed by atoms with van der Waals surface area (Å²) in [6.07, 6.45) is 7.38. The molecule has 0 radical (unpaired) electrons. The molecule has 1 saturated heterocycles. The van der Waals surface area contributed by atoms with Gasteiger partial charge >= 0.3 is 11.9 Å². The highest BCUT2D eigenvalue weighted by molar-refractivity contribution is 5.67. The Morgan fingerprint density at radius 2 is 1.96 bits per heavy atom. The fourth-order valence-corrected chi connectivity index (χ4v) is 6.39. The SMILES string of the molecule is CC(=O)OC1CC2C3=CCCN4CCCC1C34CC(C)C2OC(C)=O. The lowest BCUT2D eigenvalue weighted by atomic mass is 9.51. The van der Waals surface area contributed by atoms with Gasteiger partial charge in [-0.15, -0.1) is 0 Å². The summed E-state index contributed by atoms with van der Waals surface area (Å²) < 4.78 is 11.6. The summed E-state index contributed by atoms with van der Waals surface area (Å²) in [5.41, 5.74) is 1.48. The van der Waals surface area contributed by atoms with Gasteiger partial charge in [0.05, 0.1) is 0 Å². The van der Waals surface area contributed by atoms with E-state index in [1.807, 2.05) is 0 Å². The van der Waals surface area contributed by atoms with E-state index < -0.39 is 0 Å². The number of hydrogen-bond donors (Lipinski definition) is 0. The van der Waals surface area contributed by atoms with Crippen molar-refractivity contribution < 1.29 is 19.1 Å². The van der Waals surface area contributed by atoms with Crippen LogP contribution in [0.15, 0.2) is 11.6 Å². The Morgan fingerprint density at radius 3 is 2.68 bits per heavy atom. The van der Waals surface area contributed by atoms with Crippen molar-refractivity contribution in [3.63, 3.8) is 0 Å². The van der Waals surface area contributed by atoms with E-state index in [0.29, 0.717) is 11.8 Å². The van der Waals surface area contributed by atoms with Gasteiger partial charge in [0, 0.05) is 37.8 Å². The van der Waals surface area contributed by atoms with Crippen molar-refractivity contribution in [1.29, 1.82) is 0 Å². The van der Waals surface area contributed by atoms with Gasteiger partial charge in [-0.1, -0.05) is 13.0 Å². The zero-order chi connectivity index (χ0) is 17.8. The first kappa shape index (κ1) is 17.1. The summed E-state index contributed by atoms with van der Waals surface area (Å²) in [6, 6.07) is 0. The molecule has 0 aromatic rings. The molecule has 2 aliphatic carbocycles. The van der Waals surface area contributed by atoms with Crippen molar-refractivity contribution in [3.8, 4) is 0 Å². The third kappa shape index (κ3) is 2.54. The van der Waals surface area contributed by atoms with E-state index in [1.165, 1.54) is 25.8 Å². The second-order valence-electron chi connectivity index (χ2n) is 8.35. The molecule has 0 aromatic carbocycles. The molecule has 6 unspecified atom stereocenters. The predicted molar refractivity (Wildman–Crippen MR) is 92.7 cm³/mol. The Hall–Kier alpha value is -1.36. The number of rotatable bonds is 2. The molecular weight excluding hydrogens is 318 g/mol. The zero-order valence-electron chi connectivity index (χ0n) is 15.5. The maximum Gasteiger partial charge on any atom is 0.302 e. The topological polar surface area (TPSA) is 55.8 Å². The van der Waals surface area contributed by atoms with Crippen molar-refractivity contribution >= 4 is 11.9 Å². The molecule has 2 bridgehead atoms. The first-order chi connectivity index (χ1) is 11.9. The van der Waals surface area contributed by atoms with Crippen LogP contribution in [-0.2, 0) is 19.1 Å². The minimum Gasteiger partial charge on any atom is -0.462 e. The summed E-state index contributed by atoms with van der Waals surface area (Å²) in [6.45, 7) is 7.43. The fourth-order valence-electron chi connectivity index (χ4n) is 6.39. The first-order valence-corrected chi connectivity index (χ1v) is 9.73. The molecule has 138 valence electrons. The largest absolute Gasteiger partial charge is 0.462 e. The van der Waals surface area contributed by atoms with Gasteiger partial charge in [0.25, 0.3) is 0 Å². The van der Waals surface area contributed by atoms with Gasteiger partial charge in [-0.3, -0.25) is 14.5 Å². The van der Waals surface area contributed by atoms with E-state index in [0.717, 1.165) is 38.8 Å². The number of nitrogens with zero attached hydrogens (tertiary/aromatic N) is 1. The van der Waals surface area contributed by atoms with Gasteiger partial charge in [0.2, 0.25) is 0 Å². The van der Waals surface area contributed by atoms with Gasteiger partial charge in [-0.05, 0) is 50.1 Å². The minimum absolute atomic E-state index is 0.00952. The second-order valence-corrected chi connectivity index (χ2v) is 8.35. The van der Waals surface area contributed by atoms with Gasteiger partial charge in [-0.2, -0.15) is 0 Å². The van der Waals surface area contributed by atoms with Crippen LogP contribution in [0.4, 0.5) is 0 Å². The molecule has 25 heavy (non-hydrogen) atoms. The van der Waals surface area contributed by atoms with Crippen molar-refractivity contribution in [2.75, 3.05) is 13.1 Å². The number of esters is 2. The van der Waals surface area contributed by atoms with Crippen LogP contribution in [0.1, 0.15) is 52.9 Å². The highest BCUT2D eigenvalue weighted by Crippen LogP contribution is 2.59. The predicted octanol–water partition coefficient (Wildman–Crippen LogP) is 2.69. The second kappa shape index (κ2) is 6.11. The lowest BCUT2D eigenvalue weighted by Gasteiger charge is -2.65. The monoisotopic (exact) mass is 347 g/mol. The molecule has 4 aliphatic rings. The third-order valence-electron chi connectivity index (χ3n) is 6.93. The molecule has 3 fully saturated rings. The van der Waals surface area contributed by atoms with Gasteiger partial charge < -0.3 is 9.47 Å². The molecule has 2 heterocycles. The van der Waals surface area contributed by atoms with Gasteiger partial charge in [0.15, 0.2) is 0 Å². The Labute approximate surface area is 149 Å². The molecule has 0 amide bonds. The minimum atomic E-state index is -0.212. The number of ether oxygens (including phenoxy) is 2. The molecule has 0 aromatic heterocycles. The molecular formula is C20H29NO4. The normalized spacial score (nSPS) is 42.8. The zero-order valence-corrected chi connectivity index (χ0v) is 15.5. The van der Waals surface area contributed by atoms with E-state index in [1.54, 1.807) is 0 Å². The molecule has 6 atom stereocenters. The number of hydrogen-bond acceptors (Lipinski definition) is 5. The van der Waals surface area contributed by atoms with E-state index in [-0.39, 0.29) is 35.6 Å². The molecule has 4 rings (SSSR count). The molecule has 5 heteroatoms.